The third-order valence-corrected chi connectivity index (χ3v) is 6.10. The van der Waals surface area contributed by atoms with Gasteiger partial charge in [0, 0.05) is 0 Å². The Balaban J connectivity index is 3.18. The lowest BCUT2D eigenvalue weighted by Crippen LogP contribution is -2.38. The Hall–Kier alpha value is -3.16. The van der Waals surface area contributed by atoms with Crippen LogP contribution in [0.3, 0.4) is 0 Å². The molecule has 4 unspecified atom stereocenters. The molecule has 0 amide bonds. The summed E-state index contributed by atoms with van der Waals surface area (Å²) in [5.41, 5.74) is 0. The smallest absolute Gasteiger partial charge is 0.310 e. The van der Waals surface area contributed by atoms with E-state index in [1.54, 1.807) is 24.3 Å². The molecule has 0 bridgehead atoms. The molecule has 1 saturated carbocycles. The van der Waals surface area contributed by atoms with Crippen molar-refractivity contribution < 1.29 is 38.1 Å². The summed E-state index contributed by atoms with van der Waals surface area (Å²) in [4.78, 5) is 52.5. The fourth-order valence-corrected chi connectivity index (χ4v) is 4.18. The fraction of sp³-hybridized carbons (Fsp3) is 0.586. The lowest BCUT2D eigenvalue weighted by Gasteiger charge is -2.23. The van der Waals surface area contributed by atoms with Crippen LogP contribution in [0.25, 0.3) is 0 Å². The quantitative estimate of drug-likeness (QED) is 0.0971. The van der Waals surface area contributed by atoms with Gasteiger partial charge in [0.1, 0.15) is 0 Å². The predicted molar refractivity (Wildman–Crippen MR) is 140 cm³/mol. The molecule has 1 aliphatic rings. The summed E-state index contributed by atoms with van der Waals surface area (Å²) in [6.45, 7) is 15.0. The maximum atomic E-state index is 13.2. The standard InChI is InChI=1S/C29H42O8/c1-5-9-13-17-34-26(30)22-21-23(27(31)35-18-14-10-6-2)25(29(33)37-20-16-12-8-4)24(22)28(32)36-19-15-11-7-3/h5-8,22-25H,1-4,9-21H2. The first-order valence-corrected chi connectivity index (χ1v) is 13.0. The second kappa shape index (κ2) is 19.0. The number of unbranched alkanes of at least 4 members (excludes halogenated alkanes) is 4. The topological polar surface area (TPSA) is 105 Å². The van der Waals surface area contributed by atoms with Gasteiger partial charge in [-0.3, -0.25) is 19.2 Å². The van der Waals surface area contributed by atoms with Gasteiger partial charge >= 0.3 is 23.9 Å². The van der Waals surface area contributed by atoms with E-state index in [4.69, 9.17) is 18.9 Å². The van der Waals surface area contributed by atoms with Crippen LogP contribution in [0, 0.1) is 23.7 Å². The molecule has 37 heavy (non-hydrogen) atoms. The van der Waals surface area contributed by atoms with Gasteiger partial charge in [-0.1, -0.05) is 24.3 Å². The highest BCUT2D eigenvalue weighted by Gasteiger charge is 2.58. The molecule has 4 atom stereocenters. The Morgan fingerprint density at radius 2 is 0.784 bits per heavy atom. The van der Waals surface area contributed by atoms with Crippen LogP contribution in [0.4, 0.5) is 0 Å². The molecular weight excluding hydrogens is 476 g/mol. The summed E-state index contributed by atoms with van der Waals surface area (Å²) in [6.07, 6.45) is 11.6. The van der Waals surface area contributed by atoms with Crippen LogP contribution in [-0.2, 0) is 38.1 Å². The van der Waals surface area contributed by atoms with E-state index >= 15 is 0 Å². The number of rotatable bonds is 20. The normalized spacial score (nSPS) is 20.3. The summed E-state index contributed by atoms with van der Waals surface area (Å²) >= 11 is 0. The second-order valence-corrected chi connectivity index (χ2v) is 8.89. The molecule has 0 heterocycles. The number of allylic oxidation sites excluding steroid dienone is 4. The lowest BCUT2D eigenvalue weighted by molar-refractivity contribution is -0.168. The van der Waals surface area contributed by atoms with Gasteiger partial charge in [-0.15, -0.1) is 26.3 Å². The molecule has 0 aromatic carbocycles. The van der Waals surface area contributed by atoms with Gasteiger partial charge in [-0.05, 0) is 57.8 Å². The third kappa shape index (κ3) is 11.2. The van der Waals surface area contributed by atoms with Crippen molar-refractivity contribution in [2.24, 2.45) is 23.7 Å². The number of carbonyl (C=O) groups excluding carboxylic acids is 4. The van der Waals surface area contributed by atoms with Gasteiger partial charge in [0.25, 0.3) is 0 Å². The van der Waals surface area contributed by atoms with E-state index in [1.165, 1.54) is 0 Å². The zero-order chi connectivity index (χ0) is 27.5. The van der Waals surface area contributed by atoms with Crippen LogP contribution in [0.1, 0.15) is 57.8 Å². The number of esters is 4. The van der Waals surface area contributed by atoms with Crippen LogP contribution in [0.15, 0.2) is 50.6 Å². The van der Waals surface area contributed by atoms with Crippen LogP contribution in [0.2, 0.25) is 0 Å². The minimum Gasteiger partial charge on any atom is -0.465 e. The van der Waals surface area contributed by atoms with Crippen molar-refractivity contribution in [2.75, 3.05) is 26.4 Å². The SMILES string of the molecule is C=CCCCOC(=O)C1CC(C(=O)OCCCC=C)C(C(=O)OCCCC=C)C1C(=O)OCCCC=C. The third-order valence-electron chi connectivity index (χ3n) is 6.10. The van der Waals surface area contributed by atoms with Gasteiger partial charge in [-0.25, -0.2) is 0 Å². The van der Waals surface area contributed by atoms with Gasteiger partial charge in [-0.2, -0.15) is 0 Å². The van der Waals surface area contributed by atoms with Crippen molar-refractivity contribution in [3.8, 4) is 0 Å². The Morgan fingerprint density at radius 3 is 1.05 bits per heavy atom. The first-order chi connectivity index (χ1) is 17.9. The van der Waals surface area contributed by atoms with Crippen molar-refractivity contribution in [3.63, 3.8) is 0 Å². The van der Waals surface area contributed by atoms with Gasteiger partial charge in [0.15, 0.2) is 0 Å². The highest BCUT2D eigenvalue weighted by Crippen LogP contribution is 2.44. The summed E-state index contributed by atoms with van der Waals surface area (Å²) in [7, 11) is 0. The van der Waals surface area contributed by atoms with E-state index in [0.29, 0.717) is 51.4 Å². The van der Waals surface area contributed by atoms with Crippen LogP contribution in [-0.4, -0.2) is 50.3 Å². The van der Waals surface area contributed by atoms with Crippen molar-refractivity contribution in [1.82, 2.24) is 0 Å². The van der Waals surface area contributed by atoms with E-state index in [9.17, 15) is 19.2 Å². The Kier molecular flexibility index (Phi) is 16.4. The first kappa shape index (κ1) is 31.9. The molecule has 0 aliphatic heterocycles. The average molecular weight is 519 g/mol. The molecule has 0 saturated heterocycles. The molecule has 0 N–H and O–H groups in total. The Labute approximate surface area is 220 Å². The highest BCUT2D eigenvalue weighted by molar-refractivity contribution is 5.92. The summed E-state index contributed by atoms with van der Waals surface area (Å²) in [5, 5.41) is 0. The van der Waals surface area contributed by atoms with Crippen molar-refractivity contribution in [2.45, 2.75) is 57.8 Å². The first-order valence-electron chi connectivity index (χ1n) is 13.0. The zero-order valence-corrected chi connectivity index (χ0v) is 21.9. The number of ether oxygens (including phenoxy) is 4. The minimum absolute atomic E-state index is 0.0700. The molecule has 8 heteroatoms. The molecule has 1 aliphatic carbocycles. The number of carbonyl (C=O) groups is 4. The van der Waals surface area contributed by atoms with E-state index in [1.807, 2.05) is 0 Å². The maximum Gasteiger partial charge on any atom is 0.310 e. The average Bonchev–Trinajstić information content (AvgIpc) is 3.30. The molecule has 1 rings (SSSR count). The van der Waals surface area contributed by atoms with Crippen LogP contribution < -0.4 is 0 Å². The van der Waals surface area contributed by atoms with E-state index < -0.39 is 47.5 Å². The largest absolute Gasteiger partial charge is 0.465 e. The molecule has 0 radical (unpaired) electrons. The molecule has 0 aromatic heterocycles. The zero-order valence-electron chi connectivity index (χ0n) is 21.9. The maximum absolute atomic E-state index is 13.2. The van der Waals surface area contributed by atoms with Crippen molar-refractivity contribution in [1.29, 1.82) is 0 Å². The summed E-state index contributed by atoms with van der Waals surface area (Å²) < 4.78 is 21.6. The minimum atomic E-state index is -1.21. The molecule has 206 valence electrons. The Bertz CT molecular complexity index is 723. The van der Waals surface area contributed by atoms with Gasteiger partial charge in [0.05, 0.1) is 50.1 Å². The molecule has 8 nitrogen and oxygen atoms in total. The van der Waals surface area contributed by atoms with E-state index in [0.717, 1.165) is 0 Å². The van der Waals surface area contributed by atoms with E-state index in [-0.39, 0.29) is 32.8 Å². The van der Waals surface area contributed by atoms with Crippen LogP contribution in [0.5, 0.6) is 0 Å². The van der Waals surface area contributed by atoms with Gasteiger partial charge in [0.2, 0.25) is 0 Å². The summed E-state index contributed by atoms with van der Waals surface area (Å²) in [5.74, 6) is -7.26. The lowest BCUT2D eigenvalue weighted by atomic mass is 9.86. The number of hydrogen-bond acceptors (Lipinski definition) is 8. The monoisotopic (exact) mass is 518 g/mol. The summed E-state index contributed by atoms with van der Waals surface area (Å²) in [6, 6.07) is 0. The van der Waals surface area contributed by atoms with Crippen LogP contribution >= 0.6 is 0 Å². The number of hydrogen-bond donors (Lipinski definition) is 0. The van der Waals surface area contributed by atoms with E-state index in [2.05, 4.69) is 26.3 Å². The van der Waals surface area contributed by atoms with Crippen molar-refractivity contribution in [3.05, 3.63) is 50.6 Å². The molecule has 0 spiro atoms. The van der Waals surface area contributed by atoms with Crippen molar-refractivity contribution >= 4 is 23.9 Å². The second-order valence-electron chi connectivity index (χ2n) is 8.89. The predicted octanol–water partition coefficient (Wildman–Crippen LogP) is 4.89. The van der Waals surface area contributed by atoms with Gasteiger partial charge < -0.3 is 18.9 Å². The highest BCUT2D eigenvalue weighted by atomic mass is 16.6. The molecular formula is C29H42O8. The fourth-order valence-electron chi connectivity index (χ4n) is 4.18. The molecule has 1 fully saturated rings. The molecule has 0 aromatic rings. The Morgan fingerprint density at radius 1 is 0.514 bits per heavy atom.